The summed E-state index contributed by atoms with van der Waals surface area (Å²) in [7, 11) is 0. The van der Waals surface area contributed by atoms with Gasteiger partial charge in [0, 0.05) is 0 Å². The minimum absolute atomic E-state index is 0.103. The lowest BCUT2D eigenvalue weighted by Gasteiger charge is -2.23. The molecule has 20 heavy (non-hydrogen) atoms. The van der Waals surface area contributed by atoms with Crippen LogP contribution in [-0.2, 0) is 10.4 Å². The summed E-state index contributed by atoms with van der Waals surface area (Å²) < 4.78 is 12.7. The van der Waals surface area contributed by atoms with E-state index in [2.05, 4.69) is 10.3 Å². The van der Waals surface area contributed by atoms with Gasteiger partial charge in [-0.15, -0.1) is 0 Å². The van der Waals surface area contributed by atoms with E-state index in [0.717, 1.165) is 6.07 Å². The molecular formula is C15H15FN2O2. The van der Waals surface area contributed by atoms with Crippen molar-refractivity contribution in [2.75, 3.05) is 5.32 Å². The number of hydrogen-bond acceptors (Lipinski definition) is 3. The molecule has 2 N–H and O–H groups in total. The first-order valence-electron chi connectivity index (χ1n) is 6.17. The molecule has 5 heteroatoms. The number of amides is 1. The number of nitrogens with one attached hydrogen (secondary N) is 1. The minimum Gasteiger partial charge on any atom is -0.385 e. The van der Waals surface area contributed by atoms with Crippen molar-refractivity contribution in [3.8, 4) is 0 Å². The second-order valence-electron chi connectivity index (χ2n) is 4.73. The Balaban J connectivity index is 2.02. The highest BCUT2D eigenvalue weighted by Gasteiger charge is 2.26. The van der Waals surface area contributed by atoms with Crippen molar-refractivity contribution < 1.29 is 14.3 Å². The van der Waals surface area contributed by atoms with Crippen molar-refractivity contribution in [2.45, 2.75) is 18.9 Å². The standard InChI is InChI=1S/C15H15FN2O2/c1-15(20,11-5-3-2-4-6-11)9-14(19)18-12-7-8-13(16)17-10-12/h2-8,10,20H,9H2,1H3,(H,18,19). The number of anilines is 1. The molecule has 104 valence electrons. The maximum absolute atomic E-state index is 12.7. The summed E-state index contributed by atoms with van der Waals surface area (Å²) in [6.07, 6.45) is 1.12. The van der Waals surface area contributed by atoms with E-state index in [1.165, 1.54) is 12.3 Å². The van der Waals surface area contributed by atoms with E-state index in [0.29, 0.717) is 11.3 Å². The van der Waals surface area contributed by atoms with Gasteiger partial charge in [-0.05, 0) is 24.6 Å². The van der Waals surface area contributed by atoms with Crippen LogP contribution in [0.3, 0.4) is 0 Å². The second-order valence-corrected chi connectivity index (χ2v) is 4.73. The number of hydrogen-bond donors (Lipinski definition) is 2. The highest BCUT2D eigenvalue weighted by molar-refractivity contribution is 5.91. The van der Waals surface area contributed by atoms with E-state index in [1.807, 2.05) is 6.07 Å². The van der Waals surface area contributed by atoms with Crippen molar-refractivity contribution in [3.05, 3.63) is 60.2 Å². The Morgan fingerprint density at radius 1 is 1.30 bits per heavy atom. The molecule has 0 aliphatic heterocycles. The lowest BCUT2D eigenvalue weighted by Crippen LogP contribution is -2.28. The number of carbonyl (C=O) groups excluding carboxylic acids is 1. The SMILES string of the molecule is CC(O)(CC(=O)Nc1ccc(F)nc1)c1ccccc1. The molecule has 1 aromatic heterocycles. The van der Waals surface area contributed by atoms with Gasteiger partial charge in [-0.3, -0.25) is 4.79 Å². The van der Waals surface area contributed by atoms with E-state index in [4.69, 9.17) is 0 Å². The molecule has 0 radical (unpaired) electrons. The predicted molar refractivity (Wildman–Crippen MR) is 73.5 cm³/mol. The first-order chi connectivity index (χ1) is 9.47. The fourth-order valence-corrected chi connectivity index (χ4v) is 1.87. The summed E-state index contributed by atoms with van der Waals surface area (Å²) in [5.41, 5.74) is -0.216. The van der Waals surface area contributed by atoms with Crippen LogP contribution in [0.15, 0.2) is 48.7 Å². The summed E-state index contributed by atoms with van der Waals surface area (Å²) in [6.45, 7) is 1.57. The summed E-state index contributed by atoms with van der Waals surface area (Å²) >= 11 is 0. The molecule has 0 aliphatic carbocycles. The number of rotatable bonds is 4. The molecule has 1 aromatic carbocycles. The smallest absolute Gasteiger partial charge is 0.227 e. The minimum atomic E-state index is -1.27. The molecule has 1 amide bonds. The van der Waals surface area contributed by atoms with Crippen LogP contribution >= 0.6 is 0 Å². The lowest BCUT2D eigenvalue weighted by molar-refractivity contribution is -0.120. The Morgan fingerprint density at radius 2 is 2.00 bits per heavy atom. The van der Waals surface area contributed by atoms with Crippen LogP contribution in [0.5, 0.6) is 0 Å². The van der Waals surface area contributed by atoms with Gasteiger partial charge in [-0.2, -0.15) is 4.39 Å². The third-order valence-electron chi connectivity index (χ3n) is 2.91. The quantitative estimate of drug-likeness (QED) is 0.842. The zero-order chi connectivity index (χ0) is 14.6. The van der Waals surface area contributed by atoms with Crippen LogP contribution in [0.25, 0.3) is 0 Å². The van der Waals surface area contributed by atoms with Crippen LogP contribution < -0.4 is 5.32 Å². The van der Waals surface area contributed by atoms with Gasteiger partial charge < -0.3 is 10.4 Å². The normalized spacial score (nSPS) is 13.6. The number of halogens is 1. The molecule has 0 spiro atoms. The molecule has 0 fully saturated rings. The maximum Gasteiger partial charge on any atom is 0.227 e. The average Bonchev–Trinajstić information content (AvgIpc) is 2.42. The van der Waals surface area contributed by atoms with E-state index >= 15 is 0 Å². The molecule has 2 aromatic rings. The Morgan fingerprint density at radius 3 is 2.60 bits per heavy atom. The van der Waals surface area contributed by atoms with Crippen LogP contribution in [0, 0.1) is 5.95 Å². The van der Waals surface area contributed by atoms with Gasteiger partial charge in [0.25, 0.3) is 0 Å². The fraction of sp³-hybridized carbons (Fsp3) is 0.200. The third-order valence-corrected chi connectivity index (χ3v) is 2.91. The molecule has 2 rings (SSSR count). The molecule has 0 saturated heterocycles. The topological polar surface area (TPSA) is 62.2 Å². The van der Waals surface area contributed by atoms with Gasteiger partial charge in [0.1, 0.15) is 0 Å². The lowest BCUT2D eigenvalue weighted by atomic mass is 9.92. The van der Waals surface area contributed by atoms with Gasteiger partial charge >= 0.3 is 0 Å². The fourth-order valence-electron chi connectivity index (χ4n) is 1.87. The Kier molecular flexibility index (Phi) is 4.10. The molecule has 1 unspecified atom stereocenters. The van der Waals surface area contributed by atoms with Crippen molar-refractivity contribution in [1.82, 2.24) is 4.98 Å². The van der Waals surface area contributed by atoms with Crippen molar-refractivity contribution in [2.24, 2.45) is 0 Å². The highest BCUT2D eigenvalue weighted by atomic mass is 19.1. The molecular weight excluding hydrogens is 259 g/mol. The Hall–Kier alpha value is -2.27. The summed E-state index contributed by atoms with van der Waals surface area (Å²) in [5.74, 6) is -0.980. The number of nitrogens with zero attached hydrogens (tertiary/aromatic N) is 1. The number of benzene rings is 1. The van der Waals surface area contributed by atoms with Gasteiger partial charge in [0.2, 0.25) is 11.9 Å². The van der Waals surface area contributed by atoms with Crippen molar-refractivity contribution in [3.63, 3.8) is 0 Å². The highest BCUT2D eigenvalue weighted by Crippen LogP contribution is 2.24. The van der Waals surface area contributed by atoms with Gasteiger partial charge in [-0.25, -0.2) is 4.98 Å². The third kappa shape index (κ3) is 3.61. The monoisotopic (exact) mass is 274 g/mol. The van der Waals surface area contributed by atoms with E-state index in [1.54, 1.807) is 31.2 Å². The van der Waals surface area contributed by atoms with Gasteiger partial charge in [0.05, 0.1) is 23.9 Å². The van der Waals surface area contributed by atoms with Crippen LogP contribution in [0.4, 0.5) is 10.1 Å². The zero-order valence-electron chi connectivity index (χ0n) is 11.0. The number of pyridine rings is 1. The van der Waals surface area contributed by atoms with Gasteiger partial charge in [-0.1, -0.05) is 30.3 Å². The Labute approximate surface area is 116 Å². The summed E-state index contributed by atoms with van der Waals surface area (Å²) in [5, 5.41) is 12.9. The van der Waals surface area contributed by atoms with E-state index in [9.17, 15) is 14.3 Å². The van der Waals surface area contributed by atoms with Crippen LogP contribution in [-0.4, -0.2) is 16.0 Å². The largest absolute Gasteiger partial charge is 0.385 e. The van der Waals surface area contributed by atoms with Crippen molar-refractivity contribution >= 4 is 11.6 Å². The number of aliphatic hydroxyl groups is 1. The number of aromatic nitrogens is 1. The molecule has 1 heterocycles. The molecule has 0 bridgehead atoms. The maximum atomic E-state index is 12.7. The summed E-state index contributed by atoms with van der Waals surface area (Å²) in [4.78, 5) is 15.3. The first-order valence-corrected chi connectivity index (χ1v) is 6.17. The van der Waals surface area contributed by atoms with Crippen LogP contribution in [0.2, 0.25) is 0 Å². The van der Waals surface area contributed by atoms with Crippen molar-refractivity contribution in [1.29, 1.82) is 0 Å². The molecule has 0 saturated carbocycles. The Bertz CT molecular complexity index is 583. The molecule has 4 nitrogen and oxygen atoms in total. The zero-order valence-corrected chi connectivity index (χ0v) is 11.0. The first kappa shape index (κ1) is 14.1. The second kappa shape index (κ2) is 5.79. The molecule has 0 aliphatic rings. The molecule has 1 atom stereocenters. The van der Waals surface area contributed by atoms with Gasteiger partial charge in [0.15, 0.2) is 0 Å². The van der Waals surface area contributed by atoms with Crippen LogP contribution in [0.1, 0.15) is 18.9 Å². The number of carbonyl (C=O) groups is 1. The van der Waals surface area contributed by atoms with E-state index in [-0.39, 0.29) is 12.3 Å². The summed E-state index contributed by atoms with van der Waals surface area (Å²) in [6, 6.07) is 11.5. The predicted octanol–water partition coefficient (Wildman–Crippen LogP) is 2.46. The van der Waals surface area contributed by atoms with E-state index < -0.39 is 11.5 Å². The average molecular weight is 274 g/mol.